The summed E-state index contributed by atoms with van der Waals surface area (Å²) in [6.07, 6.45) is 1.65. The Balaban J connectivity index is 1.67. The van der Waals surface area contributed by atoms with Gasteiger partial charge in [0.1, 0.15) is 6.04 Å². The molecule has 3 aliphatic rings. The predicted octanol–water partition coefficient (Wildman–Crippen LogP) is 1.05. The lowest BCUT2D eigenvalue weighted by molar-refractivity contribution is -0.130. The Kier molecular flexibility index (Phi) is 3.21. The third kappa shape index (κ3) is 2.02. The van der Waals surface area contributed by atoms with Crippen LogP contribution in [0.15, 0.2) is 59.7 Å². The maximum Gasteiger partial charge on any atom is 0.242 e. The van der Waals surface area contributed by atoms with Crippen LogP contribution in [0.5, 0.6) is 0 Å². The lowest BCUT2D eigenvalue weighted by Crippen LogP contribution is -2.47. The Hall–Kier alpha value is -3.48. The average molecular weight is 360 g/mol. The highest BCUT2D eigenvalue weighted by molar-refractivity contribution is 6.24. The van der Waals surface area contributed by atoms with Crippen molar-refractivity contribution in [1.82, 2.24) is 5.01 Å². The summed E-state index contributed by atoms with van der Waals surface area (Å²) in [7, 11) is 0. The molecule has 2 fully saturated rings. The second kappa shape index (κ2) is 5.51. The van der Waals surface area contributed by atoms with E-state index < -0.39 is 35.7 Å². The molecule has 4 atom stereocenters. The Morgan fingerprint density at radius 1 is 0.926 bits per heavy atom. The Labute approximate surface area is 155 Å². The number of benzene rings is 2. The molecule has 0 aromatic heterocycles. The molecular weight excluding hydrogens is 344 g/mol. The van der Waals surface area contributed by atoms with Crippen molar-refractivity contribution in [2.45, 2.75) is 12.1 Å². The van der Waals surface area contributed by atoms with Crippen LogP contribution in [-0.4, -0.2) is 35.0 Å². The molecule has 0 spiro atoms. The number of carbonyl (C=O) groups excluding carboxylic acids is 3. The van der Waals surface area contributed by atoms with E-state index in [0.29, 0.717) is 5.69 Å². The Morgan fingerprint density at radius 2 is 1.59 bits per heavy atom. The minimum absolute atomic E-state index is 0.318. The second-order valence-corrected chi connectivity index (χ2v) is 6.94. The number of nitrogens with two attached hydrogens (primary N) is 1. The number of para-hydroxylation sites is 1. The smallest absolute Gasteiger partial charge is 0.242 e. The zero-order chi connectivity index (χ0) is 18.7. The summed E-state index contributed by atoms with van der Waals surface area (Å²) in [4.78, 5) is 39.9. The highest BCUT2D eigenvalue weighted by atomic mass is 16.2. The van der Waals surface area contributed by atoms with E-state index in [9.17, 15) is 14.4 Å². The van der Waals surface area contributed by atoms with Crippen LogP contribution in [-0.2, 0) is 14.4 Å². The lowest BCUT2D eigenvalue weighted by atomic mass is 9.85. The van der Waals surface area contributed by atoms with Crippen molar-refractivity contribution in [3.63, 3.8) is 0 Å². The lowest BCUT2D eigenvalue weighted by Gasteiger charge is -2.33. The molecule has 2 aromatic carbocycles. The van der Waals surface area contributed by atoms with Crippen molar-refractivity contribution >= 4 is 29.6 Å². The van der Waals surface area contributed by atoms with E-state index in [0.717, 1.165) is 11.1 Å². The molecule has 7 heteroatoms. The highest BCUT2D eigenvalue weighted by Gasteiger charge is 2.65. The summed E-state index contributed by atoms with van der Waals surface area (Å²) in [6, 6.07) is 14.9. The fraction of sp³-hybridized carbons (Fsp3) is 0.200. The van der Waals surface area contributed by atoms with Crippen LogP contribution in [0.1, 0.15) is 17.2 Å². The predicted molar refractivity (Wildman–Crippen MR) is 97.5 cm³/mol. The minimum atomic E-state index is -0.949. The van der Waals surface area contributed by atoms with Crippen LogP contribution in [0.2, 0.25) is 0 Å². The van der Waals surface area contributed by atoms with Crippen LogP contribution >= 0.6 is 0 Å². The van der Waals surface area contributed by atoms with Crippen LogP contribution in [0.4, 0.5) is 5.69 Å². The average Bonchev–Trinajstić information content (AvgIpc) is 3.16. The first-order valence-corrected chi connectivity index (χ1v) is 8.73. The van der Waals surface area contributed by atoms with Gasteiger partial charge in [-0.3, -0.25) is 19.4 Å². The van der Waals surface area contributed by atoms with Gasteiger partial charge in [0, 0.05) is 0 Å². The molecular formula is C20H16N4O3. The summed E-state index contributed by atoms with van der Waals surface area (Å²) in [5.41, 5.74) is 7.89. The van der Waals surface area contributed by atoms with Crippen molar-refractivity contribution in [2.75, 3.05) is 4.90 Å². The van der Waals surface area contributed by atoms with E-state index in [2.05, 4.69) is 5.10 Å². The van der Waals surface area contributed by atoms with E-state index in [1.165, 1.54) is 9.91 Å². The minimum Gasteiger partial charge on any atom is -0.368 e. The number of anilines is 1. The summed E-state index contributed by atoms with van der Waals surface area (Å²) in [5.74, 6) is -2.92. The van der Waals surface area contributed by atoms with Gasteiger partial charge in [-0.1, -0.05) is 42.5 Å². The number of primary amides is 1. The summed E-state index contributed by atoms with van der Waals surface area (Å²) in [5, 5.41) is 5.91. The normalized spacial score (nSPS) is 28.1. The molecule has 134 valence electrons. The number of rotatable bonds is 2. The standard InChI is InChI=1S/C20H16N4O3/c21-18(25)17-15-14(16-13-9-5-4-6-11(13)10-22-24(16)17)19(26)23(20(15)27)12-7-2-1-3-8-12/h1-10,14-17H,(H2,21,25)/t14-,15+,16-,17+/m0/s1. The number of hydrogen-bond acceptors (Lipinski definition) is 5. The largest absolute Gasteiger partial charge is 0.368 e. The van der Waals surface area contributed by atoms with Crippen LogP contribution in [0.25, 0.3) is 0 Å². The van der Waals surface area contributed by atoms with Gasteiger partial charge >= 0.3 is 0 Å². The fourth-order valence-corrected chi connectivity index (χ4v) is 4.52. The topological polar surface area (TPSA) is 96.1 Å². The molecule has 2 aromatic rings. The van der Waals surface area contributed by atoms with Gasteiger partial charge in [0.2, 0.25) is 17.7 Å². The van der Waals surface area contributed by atoms with E-state index in [1.54, 1.807) is 30.5 Å². The molecule has 3 heterocycles. The zero-order valence-corrected chi connectivity index (χ0v) is 14.2. The number of hydrazone groups is 1. The molecule has 0 bridgehead atoms. The van der Waals surface area contributed by atoms with E-state index >= 15 is 0 Å². The van der Waals surface area contributed by atoms with Gasteiger partial charge in [0.15, 0.2) is 0 Å². The van der Waals surface area contributed by atoms with E-state index in [1.807, 2.05) is 30.3 Å². The third-order valence-electron chi connectivity index (χ3n) is 5.60. The first-order valence-electron chi connectivity index (χ1n) is 8.73. The fourth-order valence-electron chi connectivity index (χ4n) is 4.52. The zero-order valence-electron chi connectivity index (χ0n) is 14.2. The van der Waals surface area contributed by atoms with Gasteiger partial charge in [0.05, 0.1) is 29.8 Å². The highest BCUT2D eigenvalue weighted by Crippen LogP contribution is 2.52. The maximum atomic E-state index is 13.3. The van der Waals surface area contributed by atoms with Gasteiger partial charge in [0.25, 0.3) is 0 Å². The first kappa shape index (κ1) is 15.7. The van der Waals surface area contributed by atoms with Crippen molar-refractivity contribution in [2.24, 2.45) is 22.7 Å². The van der Waals surface area contributed by atoms with Crippen LogP contribution in [0, 0.1) is 11.8 Å². The number of hydrogen-bond donors (Lipinski definition) is 1. The van der Waals surface area contributed by atoms with Gasteiger partial charge in [-0.25, -0.2) is 4.90 Å². The number of carbonyl (C=O) groups is 3. The quantitative estimate of drug-likeness (QED) is 0.810. The molecule has 0 saturated carbocycles. The molecule has 27 heavy (non-hydrogen) atoms. The molecule has 2 N–H and O–H groups in total. The number of imide groups is 1. The first-order chi connectivity index (χ1) is 13.1. The van der Waals surface area contributed by atoms with Gasteiger partial charge < -0.3 is 5.73 Å². The van der Waals surface area contributed by atoms with Crippen LogP contribution < -0.4 is 10.6 Å². The van der Waals surface area contributed by atoms with Gasteiger partial charge in [-0.15, -0.1) is 0 Å². The van der Waals surface area contributed by atoms with Crippen molar-refractivity contribution in [3.05, 3.63) is 65.7 Å². The molecule has 3 aliphatic heterocycles. The molecule has 7 nitrogen and oxygen atoms in total. The molecule has 0 unspecified atom stereocenters. The molecule has 2 saturated heterocycles. The Bertz CT molecular complexity index is 1000. The maximum absolute atomic E-state index is 13.3. The Morgan fingerprint density at radius 3 is 2.33 bits per heavy atom. The summed E-state index contributed by atoms with van der Waals surface area (Å²) in [6.45, 7) is 0. The van der Waals surface area contributed by atoms with Gasteiger partial charge in [-0.2, -0.15) is 5.10 Å². The molecule has 0 radical (unpaired) electrons. The number of amides is 3. The SMILES string of the molecule is NC(=O)[C@H]1[C@@H]2C(=O)N(c3ccccc3)C(=O)[C@@H]2[C@@H]2c3ccccc3C=NN12. The second-order valence-electron chi connectivity index (χ2n) is 6.94. The summed E-state index contributed by atoms with van der Waals surface area (Å²) < 4.78 is 0. The van der Waals surface area contributed by atoms with Crippen molar-refractivity contribution in [3.8, 4) is 0 Å². The van der Waals surface area contributed by atoms with E-state index in [4.69, 9.17) is 5.73 Å². The van der Waals surface area contributed by atoms with E-state index in [-0.39, 0.29) is 5.91 Å². The number of nitrogens with zero attached hydrogens (tertiary/aromatic N) is 3. The van der Waals surface area contributed by atoms with Crippen molar-refractivity contribution < 1.29 is 14.4 Å². The van der Waals surface area contributed by atoms with Gasteiger partial charge in [-0.05, 0) is 23.3 Å². The monoisotopic (exact) mass is 360 g/mol. The molecule has 5 rings (SSSR count). The number of fused-ring (bicyclic) bond motifs is 5. The molecule has 0 aliphatic carbocycles. The third-order valence-corrected chi connectivity index (χ3v) is 5.60. The van der Waals surface area contributed by atoms with Crippen LogP contribution in [0.3, 0.4) is 0 Å². The van der Waals surface area contributed by atoms with Crippen molar-refractivity contribution in [1.29, 1.82) is 0 Å². The molecule has 3 amide bonds. The summed E-state index contributed by atoms with van der Waals surface area (Å²) >= 11 is 0.